The molecule has 0 saturated carbocycles. The normalized spacial score (nSPS) is 13.6. The molecule has 0 radical (unpaired) electrons. The Morgan fingerprint density at radius 1 is 1.18 bits per heavy atom. The molecular formula is C27H38N6O. The van der Waals surface area contributed by atoms with Crippen LogP contribution in [0, 0.1) is 0 Å². The first kappa shape index (κ1) is 26.8. The standard InChI is InChI=1S/C27H38N6O/c1-7-11-23(12-8-2)21-32(6)26-17-16-25-29-30-27(33(25)31-26)22(5)14-15-24(13-9-3)28-18-20-34-19-10-4/h7-9,11-17,22,28H,1,3,10,18-21H2,2,4-6H3/b12-8-,15-14-,23-11+,24-13+. The molecule has 0 aliphatic rings. The fourth-order valence-electron chi connectivity index (χ4n) is 3.31. The molecular weight excluding hydrogens is 424 g/mol. The van der Waals surface area contributed by atoms with Crippen molar-refractivity contribution in [2.24, 2.45) is 0 Å². The molecule has 0 bridgehead atoms. The second kappa shape index (κ2) is 14.6. The Labute approximate surface area is 203 Å². The minimum Gasteiger partial charge on any atom is -0.383 e. The lowest BCUT2D eigenvalue weighted by Gasteiger charge is -2.19. The van der Waals surface area contributed by atoms with Crippen molar-refractivity contribution in [1.82, 2.24) is 25.1 Å². The van der Waals surface area contributed by atoms with Crippen molar-refractivity contribution >= 4 is 11.5 Å². The summed E-state index contributed by atoms with van der Waals surface area (Å²) in [6.45, 7) is 16.7. The first-order valence-electron chi connectivity index (χ1n) is 11.7. The third kappa shape index (κ3) is 8.15. The van der Waals surface area contributed by atoms with Crippen LogP contribution in [0.2, 0.25) is 0 Å². The number of nitrogens with zero attached hydrogens (tertiary/aromatic N) is 5. The summed E-state index contributed by atoms with van der Waals surface area (Å²) in [4.78, 5) is 2.09. The van der Waals surface area contributed by atoms with Gasteiger partial charge in [-0.15, -0.1) is 15.3 Å². The van der Waals surface area contributed by atoms with Gasteiger partial charge in [-0.25, -0.2) is 0 Å². The minimum atomic E-state index is 0.00802. The van der Waals surface area contributed by atoms with Crippen molar-refractivity contribution in [3.8, 4) is 0 Å². The van der Waals surface area contributed by atoms with E-state index in [-0.39, 0.29) is 5.92 Å². The molecule has 1 N–H and O–H groups in total. The van der Waals surface area contributed by atoms with Gasteiger partial charge in [0.2, 0.25) is 0 Å². The summed E-state index contributed by atoms with van der Waals surface area (Å²) in [6.07, 6.45) is 16.7. The number of ether oxygens (including phenoxy) is 1. The quantitative estimate of drug-likeness (QED) is 0.297. The third-order valence-electron chi connectivity index (χ3n) is 4.99. The van der Waals surface area contributed by atoms with Crippen LogP contribution in [0.15, 0.2) is 85.2 Å². The van der Waals surface area contributed by atoms with Gasteiger partial charge in [0.25, 0.3) is 0 Å². The molecule has 7 nitrogen and oxygen atoms in total. The Kier molecular flexibility index (Phi) is 11.5. The van der Waals surface area contributed by atoms with Gasteiger partial charge in [-0.3, -0.25) is 0 Å². The van der Waals surface area contributed by atoms with Crippen molar-refractivity contribution < 1.29 is 4.74 Å². The van der Waals surface area contributed by atoms with E-state index in [1.165, 1.54) is 0 Å². The largest absolute Gasteiger partial charge is 0.383 e. The van der Waals surface area contributed by atoms with Gasteiger partial charge in [0.05, 0.1) is 6.61 Å². The average Bonchev–Trinajstić information content (AvgIpc) is 3.26. The van der Waals surface area contributed by atoms with Crippen LogP contribution in [-0.2, 0) is 4.74 Å². The maximum absolute atomic E-state index is 5.54. The van der Waals surface area contributed by atoms with E-state index in [0.29, 0.717) is 13.2 Å². The molecule has 1 unspecified atom stereocenters. The zero-order valence-electron chi connectivity index (χ0n) is 20.9. The van der Waals surface area contributed by atoms with Crippen LogP contribution in [0.25, 0.3) is 5.65 Å². The average molecular weight is 463 g/mol. The van der Waals surface area contributed by atoms with Crippen LogP contribution in [-0.4, -0.2) is 53.2 Å². The second-order valence-electron chi connectivity index (χ2n) is 7.90. The number of anilines is 1. The first-order valence-corrected chi connectivity index (χ1v) is 11.7. The lowest BCUT2D eigenvalue weighted by Crippen LogP contribution is -2.22. The highest BCUT2D eigenvalue weighted by molar-refractivity contribution is 5.47. The predicted molar refractivity (Wildman–Crippen MR) is 142 cm³/mol. The van der Waals surface area contributed by atoms with Gasteiger partial charge in [0.15, 0.2) is 11.5 Å². The number of allylic oxidation sites excluding steroid dienone is 7. The highest BCUT2D eigenvalue weighted by Gasteiger charge is 2.14. The van der Waals surface area contributed by atoms with Gasteiger partial charge in [-0.05, 0) is 43.2 Å². The number of likely N-dealkylation sites (N-methyl/N-ethyl adjacent to an activating group) is 1. The van der Waals surface area contributed by atoms with Gasteiger partial charge in [0, 0.05) is 38.4 Å². The van der Waals surface area contributed by atoms with Crippen molar-refractivity contribution in [1.29, 1.82) is 0 Å². The van der Waals surface area contributed by atoms with E-state index in [0.717, 1.165) is 48.1 Å². The lowest BCUT2D eigenvalue weighted by molar-refractivity contribution is 0.138. The number of nitrogens with one attached hydrogen (secondary N) is 1. The second-order valence-corrected chi connectivity index (χ2v) is 7.90. The topological polar surface area (TPSA) is 67.6 Å². The summed E-state index contributed by atoms with van der Waals surface area (Å²) in [5, 5.41) is 16.9. The van der Waals surface area contributed by atoms with E-state index in [9.17, 15) is 0 Å². The number of hydrogen-bond donors (Lipinski definition) is 1. The summed E-state index contributed by atoms with van der Waals surface area (Å²) < 4.78 is 7.36. The molecule has 7 heteroatoms. The van der Waals surface area contributed by atoms with Gasteiger partial charge in [0.1, 0.15) is 5.82 Å². The van der Waals surface area contributed by atoms with Gasteiger partial charge < -0.3 is 15.0 Å². The fourth-order valence-corrected chi connectivity index (χ4v) is 3.31. The van der Waals surface area contributed by atoms with E-state index in [4.69, 9.17) is 9.84 Å². The first-order chi connectivity index (χ1) is 16.5. The number of fused-ring (bicyclic) bond motifs is 1. The van der Waals surface area contributed by atoms with Crippen LogP contribution < -0.4 is 10.2 Å². The van der Waals surface area contributed by atoms with Crippen LogP contribution in [0.3, 0.4) is 0 Å². The zero-order valence-corrected chi connectivity index (χ0v) is 20.9. The smallest absolute Gasteiger partial charge is 0.178 e. The van der Waals surface area contributed by atoms with Crippen molar-refractivity contribution in [3.63, 3.8) is 0 Å². The predicted octanol–water partition coefficient (Wildman–Crippen LogP) is 4.99. The Morgan fingerprint density at radius 2 is 1.97 bits per heavy atom. The minimum absolute atomic E-state index is 0.00802. The number of aromatic nitrogens is 4. The molecule has 1 atom stereocenters. The molecule has 34 heavy (non-hydrogen) atoms. The molecule has 2 rings (SSSR count). The van der Waals surface area contributed by atoms with Crippen molar-refractivity contribution in [2.75, 3.05) is 38.3 Å². The van der Waals surface area contributed by atoms with Crippen LogP contribution >= 0.6 is 0 Å². The van der Waals surface area contributed by atoms with Crippen molar-refractivity contribution in [3.05, 3.63) is 91.0 Å². The highest BCUT2D eigenvalue weighted by atomic mass is 16.5. The van der Waals surface area contributed by atoms with Crippen molar-refractivity contribution in [2.45, 2.75) is 33.1 Å². The Balaban J connectivity index is 2.16. The third-order valence-corrected chi connectivity index (χ3v) is 4.99. The monoisotopic (exact) mass is 462 g/mol. The molecule has 0 aliphatic carbocycles. The maximum atomic E-state index is 5.54. The SMILES string of the molecule is C=C/C=C(\C=C/C)CN(C)c1ccc2nnc(C(C)/C=C\C(=C/C=C)NCCOCCC)n2n1. The highest BCUT2D eigenvalue weighted by Crippen LogP contribution is 2.18. The Hall–Kier alpha value is -3.45. The van der Waals surface area contributed by atoms with E-state index in [2.05, 4.69) is 59.6 Å². The van der Waals surface area contributed by atoms with Gasteiger partial charge >= 0.3 is 0 Å². The molecule has 0 fully saturated rings. The molecule has 0 amide bonds. The number of hydrogen-bond acceptors (Lipinski definition) is 6. The molecule has 0 spiro atoms. The Morgan fingerprint density at radius 3 is 2.68 bits per heavy atom. The molecule has 2 aromatic rings. The van der Waals surface area contributed by atoms with E-state index in [1.54, 1.807) is 12.2 Å². The molecule has 182 valence electrons. The summed E-state index contributed by atoms with van der Waals surface area (Å²) in [5.74, 6) is 1.62. The fraction of sp³-hybridized carbons (Fsp3) is 0.370. The molecule has 2 aromatic heterocycles. The molecule has 2 heterocycles. The number of rotatable bonds is 15. The summed E-state index contributed by atoms with van der Waals surface area (Å²) in [5.41, 5.74) is 2.83. The molecule has 0 aliphatic heterocycles. The summed E-state index contributed by atoms with van der Waals surface area (Å²) in [7, 11) is 2.02. The van der Waals surface area contributed by atoms with E-state index < -0.39 is 0 Å². The van der Waals surface area contributed by atoms with Crippen LogP contribution in [0.5, 0.6) is 0 Å². The Bertz CT molecular complexity index is 1050. The zero-order chi connectivity index (χ0) is 24.8. The molecule has 0 aromatic carbocycles. The molecule has 0 saturated heterocycles. The summed E-state index contributed by atoms with van der Waals surface area (Å²) in [6, 6.07) is 3.91. The maximum Gasteiger partial charge on any atom is 0.178 e. The summed E-state index contributed by atoms with van der Waals surface area (Å²) >= 11 is 0. The van der Waals surface area contributed by atoms with Crippen LogP contribution in [0.4, 0.5) is 5.82 Å². The van der Waals surface area contributed by atoms with E-state index >= 15 is 0 Å². The lowest BCUT2D eigenvalue weighted by atomic mass is 10.1. The van der Waals surface area contributed by atoms with Gasteiger partial charge in [-0.1, -0.05) is 63.5 Å². The van der Waals surface area contributed by atoms with Gasteiger partial charge in [-0.2, -0.15) is 4.52 Å². The van der Waals surface area contributed by atoms with E-state index in [1.807, 2.05) is 54.9 Å². The van der Waals surface area contributed by atoms with Crippen LogP contribution in [0.1, 0.15) is 38.9 Å².